The summed E-state index contributed by atoms with van der Waals surface area (Å²) in [7, 11) is 0. The lowest BCUT2D eigenvalue weighted by Crippen LogP contribution is -2.04. The zero-order chi connectivity index (χ0) is 10.6. The molecule has 0 N–H and O–H groups in total. The van der Waals surface area contributed by atoms with E-state index in [4.69, 9.17) is 4.74 Å². The van der Waals surface area contributed by atoms with Gasteiger partial charge in [0.05, 0.1) is 18.8 Å². The predicted octanol–water partition coefficient (Wildman–Crippen LogP) is 3.40. The lowest BCUT2D eigenvalue weighted by molar-refractivity contribution is -0.137. The fourth-order valence-electron chi connectivity index (χ4n) is 0.970. The average molecular weight is 203 g/mol. The van der Waals surface area contributed by atoms with Crippen LogP contribution < -0.4 is 0 Å². The molecule has 0 spiro atoms. The Hall–Kier alpha value is -1.03. The van der Waals surface area contributed by atoms with Crippen LogP contribution in [0.15, 0.2) is 24.3 Å². The summed E-state index contributed by atoms with van der Waals surface area (Å²) in [6.45, 7) is 3.51. The monoisotopic (exact) mass is 203 g/mol. The molecule has 0 bridgehead atoms. The van der Waals surface area contributed by atoms with Crippen molar-refractivity contribution in [2.45, 2.75) is 19.7 Å². The topological polar surface area (TPSA) is 9.23 Å². The van der Waals surface area contributed by atoms with Gasteiger partial charge < -0.3 is 4.74 Å². The summed E-state index contributed by atoms with van der Waals surface area (Å²) >= 11 is 0. The SMILES string of the molecule is C[CH]OCc1ccc(C(F)(F)F)cc1. The van der Waals surface area contributed by atoms with E-state index in [0.29, 0.717) is 6.61 Å². The number of rotatable bonds is 3. The van der Waals surface area contributed by atoms with Gasteiger partial charge in [0.25, 0.3) is 0 Å². The standard InChI is InChI=1S/C10H10F3O/c1-2-14-7-8-3-5-9(6-4-8)10(11,12)13/h2-6H,7H2,1H3. The third-order valence-corrected chi connectivity index (χ3v) is 1.70. The first kappa shape index (κ1) is 11.0. The molecule has 1 aromatic carbocycles. The number of halogens is 3. The molecule has 1 radical (unpaired) electrons. The first-order valence-corrected chi connectivity index (χ1v) is 4.09. The van der Waals surface area contributed by atoms with Crippen LogP contribution in [0.2, 0.25) is 0 Å². The van der Waals surface area contributed by atoms with Crippen molar-refractivity contribution in [1.82, 2.24) is 0 Å². The van der Waals surface area contributed by atoms with Gasteiger partial charge in [-0.15, -0.1) is 0 Å². The lowest BCUT2D eigenvalue weighted by Gasteiger charge is -2.07. The summed E-state index contributed by atoms with van der Waals surface area (Å²) in [6, 6.07) is 4.92. The van der Waals surface area contributed by atoms with Gasteiger partial charge in [-0.2, -0.15) is 13.2 Å². The van der Waals surface area contributed by atoms with Crippen LogP contribution in [0.4, 0.5) is 13.2 Å². The van der Waals surface area contributed by atoms with Gasteiger partial charge in [0, 0.05) is 0 Å². The molecule has 0 saturated carbocycles. The van der Waals surface area contributed by atoms with Crippen molar-refractivity contribution in [3.8, 4) is 0 Å². The lowest BCUT2D eigenvalue weighted by atomic mass is 10.1. The van der Waals surface area contributed by atoms with Crippen LogP contribution in [0.1, 0.15) is 18.1 Å². The van der Waals surface area contributed by atoms with E-state index < -0.39 is 11.7 Å². The van der Waals surface area contributed by atoms with Gasteiger partial charge in [0.15, 0.2) is 0 Å². The van der Waals surface area contributed by atoms with E-state index >= 15 is 0 Å². The molecule has 1 aromatic rings. The molecule has 0 heterocycles. The Kier molecular flexibility index (Phi) is 3.52. The van der Waals surface area contributed by atoms with E-state index in [-0.39, 0.29) is 0 Å². The van der Waals surface area contributed by atoms with Gasteiger partial charge in [-0.1, -0.05) is 12.1 Å². The minimum absolute atomic E-state index is 0.300. The normalized spacial score (nSPS) is 11.7. The second-order valence-electron chi connectivity index (χ2n) is 2.74. The summed E-state index contributed by atoms with van der Waals surface area (Å²) in [5.41, 5.74) is 0.0813. The van der Waals surface area contributed by atoms with E-state index in [1.165, 1.54) is 18.7 Å². The largest absolute Gasteiger partial charge is 0.416 e. The maximum Gasteiger partial charge on any atom is 0.416 e. The fourth-order valence-corrected chi connectivity index (χ4v) is 0.970. The molecule has 0 aliphatic carbocycles. The highest BCUT2D eigenvalue weighted by Crippen LogP contribution is 2.29. The molecule has 1 rings (SSSR count). The van der Waals surface area contributed by atoms with Gasteiger partial charge in [-0.25, -0.2) is 0 Å². The highest BCUT2D eigenvalue weighted by atomic mass is 19.4. The Bertz CT molecular complexity index is 276. The van der Waals surface area contributed by atoms with Crippen LogP contribution in [0.3, 0.4) is 0 Å². The molecule has 0 aliphatic rings. The van der Waals surface area contributed by atoms with E-state index in [0.717, 1.165) is 17.7 Å². The molecule has 0 amide bonds. The molecule has 14 heavy (non-hydrogen) atoms. The van der Waals surface area contributed by atoms with Gasteiger partial charge in [-0.3, -0.25) is 0 Å². The Morgan fingerprint density at radius 3 is 2.21 bits per heavy atom. The van der Waals surface area contributed by atoms with Gasteiger partial charge in [0.1, 0.15) is 0 Å². The first-order chi connectivity index (χ1) is 6.54. The molecule has 0 fully saturated rings. The number of ether oxygens (including phenoxy) is 1. The van der Waals surface area contributed by atoms with Crippen molar-refractivity contribution in [2.75, 3.05) is 0 Å². The molecule has 0 saturated heterocycles. The third-order valence-electron chi connectivity index (χ3n) is 1.70. The molecule has 0 aliphatic heterocycles. The van der Waals surface area contributed by atoms with Gasteiger partial charge in [-0.05, 0) is 24.6 Å². The summed E-state index contributed by atoms with van der Waals surface area (Å²) in [6.07, 6.45) is -4.27. The molecule has 0 atom stereocenters. The summed E-state index contributed by atoms with van der Waals surface area (Å²) in [5.74, 6) is 0. The quantitative estimate of drug-likeness (QED) is 0.731. The molecule has 0 aromatic heterocycles. The number of benzene rings is 1. The highest BCUT2D eigenvalue weighted by Gasteiger charge is 2.29. The summed E-state index contributed by atoms with van der Waals surface area (Å²) < 4.78 is 41.3. The van der Waals surface area contributed by atoms with Crippen molar-refractivity contribution in [1.29, 1.82) is 0 Å². The Morgan fingerprint density at radius 2 is 1.79 bits per heavy atom. The van der Waals surface area contributed by atoms with E-state index in [2.05, 4.69) is 0 Å². The van der Waals surface area contributed by atoms with E-state index in [1.807, 2.05) is 0 Å². The van der Waals surface area contributed by atoms with E-state index in [1.54, 1.807) is 6.92 Å². The van der Waals surface area contributed by atoms with Crippen LogP contribution >= 0.6 is 0 Å². The summed E-state index contributed by atoms with van der Waals surface area (Å²) in [4.78, 5) is 0. The smallest absolute Gasteiger partial charge is 0.371 e. The van der Waals surface area contributed by atoms with Crippen molar-refractivity contribution in [3.05, 3.63) is 42.0 Å². The van der Waals surface area contributed by atoms with Crippen LogP contribution in [-0.4, -0.2) is 0 Å². The van der Waals surface area contributed by atoms with Crippen LogP contribution in [-0.2, 0) is 17.5 Å². The van der Waals surface area contributed by atoms with Crippen molar-refractivity contribution in [3.63, 3.8) is 0 Å². The van der Waals surface area contributed by atoms with E-state index in [9.17, 15) is 13.2 Å². The minimum atomic E-state index is -4.27. The number of hydrogen-bond donors (Lipinski definition) is 0. The third kappa shape index (κ3) is 3.03. The van der Waals surface area contributed by atoms with Crippen LogP contribution in [0.5, 0.6) is 0 Å². The Morgan fingerprint density at radius 1 is 1.21 bits per heavy atom. The summed E-state index contributed by atoms with van der Waals surface area (Å²) in [5, 5.41) is 0. The predicted molar refractivity (Wildman–Crippen MR) is 46.2 cm³/mol. The molecule has 1 nitrogen and oxygen atoms in total. The van der Waals surface area contributed by atoms with Crippen molar-refractivity contribution >= 4 is 0 Å². The number of hydrogen-bond acceptors (Lipinski definition) is 1. The molecular formula is C10H10F3O. The zero-order valence-electron chi connectivity index (χ0n) is 7.64. The second-order valence-corrected chi connectivity index (χ2v) is 2.74. The highest BCUT2D eigenvalue weighted by molar-refractivity contribution is 5.24. The number of alkyl halides is 3. The van der Waals surface area contributed by atoms with Crippen molar-refractivity contribution < 1.29 is 17.9 Å². The molecular weight excluding hydrogens is 193 g/mol. The average Bonchev–Trinajstić information content (AvgIpc) is 2.14. The minimum Gasteiger partial charge on any atom is -0.371 e. The van der Waals surface area contributed by atoms with Crippen molar-refractivity contribution in [2.24, 2.45) is 0 Å². The molecule has 0 unspecified atom stereocenters. The zero-order valence-corrected chi connectivity index (χ0v) is 7.64. The van der Waals surface area contributed by atoms with Crippen LogP contribution in [0, 0.1) is 6.61 Å². The van der Waals surface area contributed by atoms with Gasteiger partial charge >= 0.3 is 6.18 Å². The molecule has 4 heteroatoms. The molecule has 77 valence electrons. The van der Waals surface area contributed by atoms with Gasteiger partial charge in [0.2, 0.25) is 0 Å². The van der Waals surface area contributed by atoms with Crippen LogP contribution in [0.25, 0.3) is 0 Å². The Labute approximate surface area is 80.5 Å². The fraction of sp³-hybridized carbons (Fsp3) is 0.300. The maximum absolute atomic E-state index is 12.1. The maximum atomic E-state index is 12.1. The first-order valence-electron chi connectivity index (χ1n) is 4.09. The Balaban J connectivity index is 2.69. The second kappa shape index (κ2) is 4.46.